The van der Waals surface area contributed by atoms with Gasteiger partial charge in [-0.05, 0) is 19.4 Å². The Morgan fingerprint density at radius 3 is 2.50 bits per heavy atom. The zero-order valence-electron chi connectivity index (χ0n) is 5.57. The van der Waals surface area contributed by atoms with Crippen molar-refractivity contribution in [3.05, 3.63) is 5.37 Å². The van der Waals surface area contributed by atoms with E-state index in [1.54, 1.807) is 0 Å². The van der Waals surface area contributed by atoms with Crippen molar-refractivity contribution in [2.75, 3.05) is 6.54 Å². The van der Waals surface area contributed by atoms with Crippen LogP contribution >= 0.6 is 12.6 Å². The highest BCUT2D eigenvalue weighted by atomic mass is 32.1. The fourth-order valence-electron chi connectivity index (χ4n) is 0.394. The summed E-state index contributed by atoms with van der Waals surface area (Å²) in [6, 6.07) is 0. The zero-order chi connectivity index (χ0) is 6.41. The van der Waals surface area contributed by atoms with E-state index in [4.69, 9.17) is 0 Å². The lowest BCUT2D eigenvalue weighted by molar-refractivity contribution is 0.717. The second-order valence-electron chi connectivity index (χ2n) is 1.73. The van der Waals surface area contributed by atoms with Crippen LogP contribution in [-0.4, -0.2) is 6.54 Å². The van der Waals surface area contributed by atoms with Crippen LogP contribution < -0.4 is 5.32 Å². The van der Waals surface area contributed by atoms with Crippen LogP contribution in [0.2, 0.25) is 0 Å². The lowest BCUT2D eigenvalue weighted by Crippen LogP contribution is -2.16. The van der Waals surface area contributed by atoms with E-state index in [-0.39, 0.29) is 0 Å². The van der Waals surface area contributed by atoms with E-state index in [1.165, 1.54) is 6.42 Å². The lowest BCUT2D eigenvalue weighted by atomic mass is 10.4. The van der Waals surface area contributed by atoms with Gasteiger partial charge in [-0.15, -0.1) is 0 Å². The summed E-state index contributed by atoms with van der Waals surface area (Å²) in [5, 5.41) is 4.25. The van der Waals surface area contributed by atoms with Crippen molar-refractivity contribution in [2.24, 2.45) is 0 Å². The molecule has 0 bridgehead atoms. The molecule has 0 aliphatic rings. The average Bonchev–Trinajstić information content (AvgIpc) is 1.83. The molecule has 0 spiro atoms. The molecule has 0 heterocycles. The molecule has 0 fully saturated rings. The van der Waals surface area contributed by atoms with Gasteiger partial charge >= 0.3 is 0 Å². The van der Waals surface area contributed by atoms with E-state index in [9.17, 15) is 0 Å². The van der Waals surface area contributed by atoms with Crippen LogP contribution in [0.4, 0.5) is 0 Å². The van der Waals surface area contributed by atoms with Crippen LogP contribution in [0.1, 0.15) is 26.7 Å². The molecule has 0 aromatic heterocycles. The Morgan fingerprint density at radius 2 is 2.12 bits per heavy atom. The molecule has 0 aliphatic carbocycles. The fourth-order valence-corrected chi connectivity index (χ4v) is 0.506. The van der Waals surface area contributed by atoms with Crippen molar-refractivity contribution in [3.8, 4) is 0 Å². The molecule has 0 saturated heterocycles. The Balaban J connectivity index is 2.86. The quantitative estimate of drug-likeness (QED) is 0.556. The Bertz CT molecular complexity index is 47.8. The second-order valence-corrected chi connectivity index (χ2v) is 2.27. The molecule has 0 aliphatic heterocycles. The first kappa shape index (κ1) is 8.31. The summed E-state index contributed by atoms with van der Waals surface area (Å²) in [4.78, 5) is 0. The molecule has 2 heteroatoms. The van der Waals surface area contributed by atoms with Crippen LogP contribution in [-0.2, 0) is 0 Å². The third-order valence-corrected chi connectivity index (χ3v) is 1.39. The van der Waals surface area contributed by atoms with Crippen LogP contribution in [0.15, 0.2) is 0 Å². The Labute approximate surface area is 57.3 Å². The minimum Gasteiger partial charge on any atom is -0.301 e. The lowest BCUT2D eigenvalue weighted by Gasteiger charge is -2.06. The van der Waals surface area contributed by atoms with E-state index < -0.39 is 0 Å². The maximum Gasteiger partial charge on any atom is 0.0889 e. The SMILES string of the molecule is CCCN[C](S)CC. The normalized spacial score (nSPS) is 10.5. The van der Waals surface area contributed by atoms with Crippen molar-refractivity contribution >= 4 is 12.6 Å². The highest BCUT2D eigenvalue weighted by molar-refractivity contribution is 7.83. The molecule has 0 rings (SSSR count). The van der Waals surface area contributed by atoms with Gasteiger partial charge in [0.1, 0.15) is 0 Å². The van der Waals surface area contributed by atoms with Gasteiger partial charge < -0.3 is 5.32 Å². The van der Waals surface area contributed by atoms with Gasteiger partial charge in [0.05, 0.1) is 5.37 Å². The first-order valence-corrected chi connectivity index (χ1v) is 3.54. The first-order chi connectivity index (χ1) is 3.81. The van der Waals surface area contributed by atoms with Gasteiger partial charge in [-0.2, -0.15) is 12.6 Å². The molecular formula is C6H14NS. The average molecular weight is 132 g/mol. The Kier molecular flexibility index (Phi) is 5.66. The van der Waals surface area contributed by atoms with Crippen molar-refractivity contribution in [3.63, 3.8) is 0 Å². The van der Waals surface area contributed by atoms with Gasteiger partial charge in [-0.1, -0.05) is 13.8 Å². The van der Waals surface area contributed by atoms with E-state index in [2.05, 4.69) is 31.8 Å². The molecule has 1 radical (unpaired) electrons. The fraction of sp³-hybridized carbons (Fsp3) is 0.833. The van der Waals surface area contributed by atoms with Crippen LogP contribution in [0.5, 0.6) is 0 Å². The maximum atomic E-state index is 4.17. The van der Waals surface area contributed by atoms with Crippen molar-refractivity contribution in [1.29, 1.82) is 0 Å². The predicted octanol–water partition coefficient (Wildman–Crippen LogP) is 1.82. The highest BCUT2D eigenvalue weighted by Gasteiger charge is 1.94. The maximum absolute atomic E-state index is 4.17. The molecule has 0 amide bonds. The van der Waals surface area contributed by atoms with Crippen LogP contribution in [0, 0.1) is 5.37 Å². The molecule has 0 saturated carbocycles. The number of thiol groups is 1. The molecule has 0 unspecified atom stereocenters. The molecule has 8 heavy (non-hydrogen) atoms. The molecule has 0 aromatic carbocycles. The second kappa shape index (κ2) is 5.45. The summed E-state index contributed by atoms with van der Waals surface area (Å²) in [7, 11) is 0. The number of hydrogen-bond acceptors (Lipinski definition) is 2. The molecule has 1 N–H and O–H groups in total. The topological polar surface area (TPSA) is 12.0 Å². The Morgan fingerprint density at radius 1 is 1.50 bits per heavy atom. The summed E-state index contributed by atoms with van der Waals surface area (Å²) in [5.74, 6) is 0. The molecule has 49 valence electrons. The van der Waals surface area contributed by atoms with Gasteiger partial charge in [0.15, 0.2) is 0 Å². The van der Waals surface area contributed by atoms with Crippen molar-refractivity contribution in [2.45, 2.75) is 26.7 Å². The summed E-state index contributed by atoms with van der Waals surface area (Å²) >= 11 is 4.17. The number of hydrogen-bond donors (Lipinski definition) is 2. The highest BCUT2D eigenvalue weighted by Crippen LogP contribution is 2.03. The van der Waals surface area contributed by atoms with Gasteiger partial charge in [-0.25, -0.2) is 0 Å². The van der Waals surface area contributed by atoms with Crippen molar-refractivity contribution < 1.29 is 0 Å². The van der Waals surface area contributed by atoms with Gasteiger partial charge in [0.25, 0.3) is 0 Å². The minimum absolute atomic E-state index is 1.02. The van der Waals surface area contributed by atoms with Crippen molar-refractivity contribution in [1.82, 2.24) is 5.32 Å². The van der Waals surface area contributed by atoms with Gasteiger partial charge in [0, 0.05) is 0 Å². The molecule has 1 nitrogen and oxygen atoms in total. The third kappa shape index (κ3) is 4.47. The Hall–Kier alpha value is 0.310. The van der Waals surface area contributed by atoms with Gasteiger partial charge in [-0.3, -0.25) is 0 Å². The monoisotopic (exact) mass is 132 g/mol. The molecule has 0 atom stereocenters. The van der Waals surface area contributed by atoms with Gasteiger partial charge in [0.2, 0.25) is 0 Å². The van der Waals surface area contributed by atoms with Crippen LogP contribution in [0.3, 0.4) is 0 Å². The predicted molar refractivity (Wildman–Crippen MR) is 40.8 cm³/mol. The summed E-state index contributed by atoms with van der Waals surface area (Å²) in [5.41, 5.74) is 0. The summed E-state index contributed by atoms with van der Waals surface area (Å²) in [6.45, 7) is 5.28. The van der Waals surface area contributed by atoms with E-state index in [1.807, 2.05) is 0 Å². The third-order valence-electron chi connectivity index (χ3n) is 0.914. The van der Waals surface area contributed by atoms with Crippen LogP contribution in [0.25, 0.3) is 0 Å². The summed E-state index contributed by atoms with van der Waals surface area (Å²) in [6.07, 6.45) is 2.19. The van der Waals surface area contributed by atoms with E-state index in [0.717, 1.165) is 18.3 Å². The minimum atomic E-state index is 1.02. The smallest absolute Gasteiger partial charge is 0.0889 e. The number of rotatable bonds is 4. The van der Waals surface area contributed by atoms with E-state index >= 15 is 0 Å². The molecular weight excluding hydrogens is 118 g/mol. The zero-order valence-corrected chi connectivity index (χ0v) is 6.46. The first-order valence-electron chi connectivity index (χ1n) is 3.09. The number of nitrogens with one attached hydrogen (secondary N) is 1. The largest absolute Gasteiger partial charge is 0.301 e. The standard InChI is InChI=1S/C6H14NS/c1-3-5-7-6(8)4-2/h7-8H,3-5H2,1-2H3. The molecule has 0 aromatic rings. The summed E-state index contributed by atoms with van der Waals surface area (Å²) < 4.78 is 0. The van der Waals surface area contributed by atoms with E-state index in [0.29, 0.717) is 0 Å².